The van der Waals surface area contributed by atoms with Gasteiger partial charge in [0.1, 0.15) is 22.4 Å². The Bertz CT molecular complexity index is 1560. The number of aromatic nitrogens is 5. The molecule has 0 aliphatic heterocycles. The minimum atomic E-state index is -0.446. The van der Waals surface area contributed by atoms with Crippen molar-refractivity contribution in [1.82, 2.24) is 30.2 Å². The van der Waals surface area contributed by atoms with Crippen LogP contribution < -0.4 is 10.9 Å². The number of aromatic amines is 3. The van der Waals surface area contributed by atoms with Crippen LogP contribution >= 0.6 is 11.6 Å². The molecule has 182 valence electrons. The van der Waals surface area contributed by atoms with E-state index >= 15 is 0 Å². The first-order valence-electron chi connectivity index (χ1n) is 11.4. The molecule has 1 atom stereocenters. The molecule has 10 heteroatoms. The number of carbonyl (C=O) groups is 1. The van der Waals surface area contributed by atoms with Crippen LogP contribution in [0.2, 0.25) is 5.15 Å². The number of carbonyl (C=O) groups excluding carboxylic acids is 1. The lowest BCUT2D eigenvalue weighted by atomic mass is 10.0. The molecule has 0 aliphatic rings. The van der Waals surface area contributed by atoms with Gasteiger partial charge in [-0.1, -0.05) is 48.0 Å². The summed E-state index contributed by atoms with van der Waals surface area (Å²) in [5, 5.41) is 14.1. The number of aryl methyl sites for hydroxylation is 1. The highest BCUT2D eigenvalue weighted by atomic mass is 35.5. The van der Waals surface area contributed by atoms with Gasteiger partial charge >= 0.3 is 0 Å². The first-order chi connectivity index (χ1) is 17.5. The van der Waals surface area contributed by atoms with E-state index in [0.29, 0.717) is 46.0 Å². The van der Waals surface area contributed by atoms with Gasteiger partial charge in [0, 0.05) is 35.3 Å². The summed E-state index contributed by atoms with van der Waals surface area (Å²) >= 11 is 6.55. The number of hydrogen-bond donors (Lipinski definition) is 5. The van der Waals surface area contributed by atoms with Crippen molar-refractivity contribution in [3.05, 3.63) is 99.7 Å². The predicted molar refractivity (Wildman–Crippen MR) is 137 cm³/mol. The van der Waals surface area contributed by atoms with Crippen molar-refractivity contribution in [3.8, 4) is 17.0 Å². The van der Waals surface area contributed by atoms with Gasteiger partial charge in [0.25, 0.3) is 5.56 Å². The number of nitrogens with one attached hydrogen (secondary N) is 4. The van der Waals surface area contributed by atoms with Gasteiger partial charge in [0.2, 0.25) is 5.91 Å². The van der Waals surface area contributed by atoms with Crippen LogP contribution in [0.15, 0.2) is 71.9 Å². The molecule has 1 amide bonds. The van der Waals surface area contributed by atoms with E-state index in [0.717, 1.165) is 17.3 Å². The Labute approximate surface area is 210 Å². The van der Waals surface area contributed by atoms with Gasteiger partial charge in [-0.25, -0.2) is 9.97 Å². The van der Waals surface area contributed by atoms with Crippen molar-refractivity contribution in [1.29, 1.82) is 0 Å². The maximum Gasteiger partial charge on any atom is 0.252 e. The first-order valence-corrected chi connectivity index (χ1v) is 11.8. The van der Waals surface area contributed by atoms with Crippen molar-refractivity contribution in [2.24, 2.45) is 0 Å². The average molecular weight is 503 g/mol. The van der Waals surface area contributed by atoms with Gasteiger partial charge in [-0.2, -0.15) is 0 Å². The lowest BCUT2D eigenvalue weighted by molar-refractivity contribution is -0.121. The Kier molecular flexibility index (Phi) is 6.55. The van der Waals surface area contributed by atoms with E-state index in [1.165, 1.54) is 0 Å². The molecular formula is C26H23ClN6O3. The molecule has 0 radical (unpaired) electrons. The number of H-pyrrole nitrogens is 3. The van der Waals surface area contributed by atoms with Gasteiger partial charge in [0.15, 0.2) is 0 Å². The average Bonchev–Trinajstić information content (AvgIpc) is 3.53. The molecule has 3 heterocycles. The topological polar surface area (TPSA) is 140 Å². The van der Waals surface area contributed by atoms with E-state index in [-0.39, 0.29) is 23.6 Å². The molecule has 5 rings (SSSR count). The number of amides is 1. The number of fused-ring (bicyclic) bond motifs is 1. The van der Waals surface area contributed by atoms with Crippen molar-refractivity contribution < 1.29 is 9.90 Å². The zero-order valence-electron chi connectivity index (χ0n) is 19.1. The fourth-order valence-electron chi connectivity index (χ4n) is 4.11. The molecule has 1 unspecified atom stereocenters. The molecule has 0 fully saturated rings. The van der Waals surface area contributed by atoms with E-state index in [1.54, 1.807) is 30.7 Å². The lowest BCUT2D eigenvalue weighted by Crippen LogP contribution is -2.31. The van der Waals surface area contributed by atoms with Crippen molar-refractivity contribution in [3.63, 3.8) is 0 Å². The summed E-state index contributed by atoms with van der Waals surface area (Å²) in [4.78, 5) is 42.0. The van der Waals surface area contributed by atoms with E-state index in [1.807, 2.05) is 30.3 Å². The van der Waals surface area contributed by atoms with Crippen molar-refractivity contribution >= 4 is 28.4 Å². The number of benzene rings is 2. The number of nitrogens with zero attached hydrogens (tertiary/aromatic N) is 2. The Morgan fingerprint density at radius 3 is 2.72 bits per heavy atom. The maximum atomic E-state index is 12.8. The van der Waals surface area contributed by atoms with Crippen LogP contribution in [0.25, 0.3) is 22.2 Å². The zero-order chi connectivity index (χ0) is 25.1. The van der Waals surface area contributed by atoms with Crippen LogP contribution in [-0.4, -0.2) is 35.9 Å². The number of imidazole rings is 2. The van der Waals surface area contributed by atoms with E-state index in [4.69, 9.17) is 16.6 Å². The van der Waals surface area contributed by atoms with Crippen LogP contribution in [0.1, 0.15) is 29.5 Å². The summed E-state index contributed by atoms with van der Waals surface area (Å²) in [5.74, 6) is 0.257. The standard InChI is InChI=1S/C26H23ClN6O3/c27-25-24(16-6-8-19-18(11-16)21(34)12-23(36)30-19)32-26(33-25)20(10-15-4-2-1-3-5-15)31-22(35)9-7-17-13-28-14-29-17/h1-6,8,11-14,20H,7,9-10H2,(H,28,29)(H,31,35)(H,32,33)(H2,30,34,36). The number of aromatic hydroxyl groups is 1. The Balaban J connectivity index is 1.44. The maximum absolute atomic E-state index is 12.8. The smallest absolute Gasteiger partial charge is 0.252 e. The van der Waals surface area contributed by atoms with Gasteiger partial charge in [-0.15, -0.1) is 0 Å². The number of halogens is 1. The van der Waals surface area contributed by atoms with Crippen LogP contribution in [0.4, 0.5) is 0 Å². The van der Waals surface area contributed by atoms with Gasteiger partial charge in [-0.3, -0.25) is 9.59 Å². The number of rotatable bonds is 8. The quantitative estimate of drug-likeness (QED) is 0.218. The highest BCUT2D eigenvalue weighted by Crippen LogP contribution is 2.32. The Morgan fingerprint density at radius 1 is 1.11 bits per heavy atom. The second-order valence-corrected chi connectivity index (χ2v) is 8.83. The number of pyridine rings is 1. The van der Waals surface area contributed by atoms with Crippen LogP contribution in [0, 0.1) is 0 Å². The molecular weight excluding hydrogens is 480 g/mol. The summed E-state index contributed by atoms with van der Waals surface area (Å²) < 4.78 is 0. The molecule has 0 bridgehead atoms. The van der Waals surface area contributed by atoms with Crippen molar-refractivity contribution in [2.75, 3.05) is 0 Å². The molecule has 36 heavy (non-hydrogen) atoms. The summed E-state index contributed by atoms with van der Waals surface area (Å²) in [6.07, 6.45) is 4.62. The summed E-state index contributed by atoms with van der Waals surface area (Å²) in [5.41, 5.74) is 3.16. The monoisotopic (exact) mass is 502 g/mol. The number of hydrogen-bond acceptors (Lipinski definition) is 5. The zero-order valence-corrected chi connectivity index (χ0v) is 19.8. The molecule has 3 aromatic heterocycles. The third kappa shape index (κ3) is 5.16. The predicted octanol–water partition coefficient (Wildman–Crippen LogP) is 4.03. The largest absolute Gasteiger partial charge is 0.507 e. The second-order valence-electron chi connectivity index (χ2n) is 8.45. The second kappa shape index (κ2) is 10.1. The summed E-state index contributed by atoms with van der Waals surface area (Å²) in [7, 11) is 0. The van der Waals surface area contributed by atoms with Crippen molar-refractivity contribution in [2.45, 2.75) is 25.3 Å². The van der Waals surface area contributed by atoms with E-state index in [2.05, 4.69) is 25.3 Å². The normalized spacial score (nSPS) is 12.0. The third-order valence-corrected chi connectivity index (χ3v) is 6.17. The van der Waals surface area contributed by atoms with Gasteiger partial charge in [0.05, 0.1) is 17.9 Å². The first kappa shape index (κ1) is 23.4. The van der Waals surface area contributed by atoms with Gasteiger partial charge in [-0.05, 0) is 30.5 Å². The third-order valence-electron chi connectivity index (χ3n) is 5.90. The SMILES string of the molecule is O=C(CCc1cnc[nH]1)NC(Cc1ccccc1)c1nc(-c2ccc3[nH]c(=O)cc(O)c3c2)c(Cl)[nH]1. The summed E-state index contributed by atoms with van der Waals surface area (Å²) in [6, 6.07) is 15.6. The van der Waals surface area contributed by atoms with E-state index < -0.39 is 6.04 Å². The molecule has 0 saturated heterocycles. The van der Waals surface area contributed by atoms with Crippen LogP contribution in [0.3, 0.4) is 0 Å². The minimum absolute atomic E-state index is 0.126. The molecule has 5 N–H and O–H groups in total. The minimum Gasteiger partial charge on any atom is -0.507 e. The van der Waals surface area contributed by atoms with Crippen LogP contribution in [0.5, 0.6) is 5.75 Å². The highest BCUT2D eigenvalue weighted by molar-refractivity contribution is 6.32. The molecule has 0 saturated carbocycles. The molecule has 0 aliphatic carbocycles. The van der Waals surface area contributed by atoms with Crippen LogP contribution in [-0.2, 0) is 17.6 Å². The molecule has 9 nitrogen and oxygen atoms in total. The molecule has 2 aromatic carbocycles. The Morgan fingerprint density at radius 2 is 1.94 bits per heavy atom. The van der Waals surface area contributed by atoms with Gasteiger partial charge < -0.3 is 25.4 Å². The van der Waals surface area contributed by atoms with E-state index in [9.17, 15) is 14.7 Å². The Hall–Kier alpha value is -4.37. The molecule has 0 spiro atoms. The fourth-order valence-corrected chi connectivity index (χ4v) is 4.36. The lowest BCUT2D eigenvalue weighted by Gasteiger charge is -2.17. The summed E-state index contributed by atoms with van der Waals surface area (Å²) in [6.45, 7) is 0. The fraction of sp³-hybridized carbons (Fsp3) is 0.154. The highest BCUT2D eigenvalue weighted by Gasteiger charge is 2.22. The molecule has 5 aromatic rings.